The average molecular weight is 828 g/mol. The number of imidazole rings is 2. The summed E-state index contributed by atoms with van der Waals surface area (Å²) in [6.07, 6.45) is 3.57. The summed E-state index contributed by atoms with van der Waals surface area (Å²) in [5, 5.41) is 28.1. The van der Waals surface area contributed by atoms with Gasteiger partial charge < -0.3 is 0 Å². The van der Waals surface area contributed by atoms with E-state index in [2.05, 4.69) is 69.3 Å². The van der Waals surface area contributed by atoms with Crippen LogP contribution in [-0.2, 0) is 0 Å². The highest BCUT2D eigenvalue weighted by Crippen LogP contribution is 2.40. The van der Waals surface area contributed by atoms with Crippen LogP contribution in [0.15, 0.2) is 120 Å². The van der Waals surface area contributed by atoms with E-state index < -0.39 is 11.8 Å². The van der Waals surface area contributed by atoms with Gasteiger partial charge in [0.05, 0.1) is 79.9 Å². The predicted octanol–water partition coefficient (Wildman–Crippen LogP) is 12.8. The third kappa shape index (κ3) is 5.84. The first kappa shape index (κ1) is 36.0. The molecule has 10 rings (SSSR count). The van der Waals surface area contributed by atoms with Crippen LogP contribution in [0.1, 0.15) is 34.6 Å². The van der Waals surface area contributed by atoms with Gasteiger partial charge in [-0.05, 0) is 108 Å². The van der Waals surface area contributed by atoms with Crippen molar-refractivity contribution in [1.29, 1.82) is 10.5 Å². The number of thiophene rings is 2. The molecule has 2 unspecified atom stereocenters. The molecule has 58 heavy (non-hydrogen) atoms. The van der Waals surface area contributed by atoms with Crippen molar-refractivity contribution in [2.75, 3.05) is 0 Å². The first-order valence-corrected chi connectivity index (χ1v) is 20.8. The molecule has 2 atom stereocenters. The van der Waals surface area contributed by atoms with Gasteiger partial charge in [0, 0.05) is 20.5 Å². The number of hydrogen-bond acceptors (Lipinski definition) is 8. The molecular formula is C46H28Cl2N8S2. The van der Waals surface area contributed by atoms with Crippen LogP contribution in [0.4, 0.5) is 0 Å². The predicted molar refractivity (Wildman–Crippen MR) is 236 cm³/mol. The Morgan fingerprint density at radius 3 is 1.40 bits per heavy atom. The van der Waals surface area contributed by atoms with Crippen molar-refractivity contribution in [3.05, 3.63) is 153 Å². The van der Waals surface area contributed by atoms with Crippen molar-refractivity contribution < 1.29 is 0 Å². The number of fused-ring (bicyclic) bond motifs is 6. The Morgan fingerprint density at radius 1 is 0.569 bits per heavy atom. The van der Waals surface area contributed by atoms with E-state index in [1.165, 1.54) is 0 Å². The van der Waals surface area contributed by atoms with Crippen LogP contribution in [0, 0.1) is 36.5 Å². The number of nitriles is 2. The standard InChI is InChI=1S/C46H28Cl2N8S2/c1-25-53-39-23-51-37-11-7-29(43-5-3-15-57-43)17-31(37)45(39)55(25)41-13-9-27(19-35(41)47)33(21-49)34(22-50)28-10-14-42(36(48)20-28)56-26(2)54-40-24-52-38-12-8-30(18-32(38)46(40)56)44-6-4-16-58-44/h3-20,23-24,33-34H,1-2H3. The van der Waals surface area contributed by atoms with E-state index in [0.29, 0.717) is 32.5 Å². The lowest BCUT2D eigenvalue weighted by molar-refractivity contribution is 0.760. The number of aromatic nitrogens is 6. The Morgan fingerprint density at radius 2 is 1.02 bits per heavy atom. The molecule has 0 bridgehead atoms. The summed E-state index contributed by atoms with van der Waals surface area (Å²) >= 11 is 17.6. The zero-order valence-electron chi connectivity index (χ0n) is 30.9. The van der Waals surface area contributed by atoms with E-state index in [1.54, 1.807) is 47.2 Å². The summed E-state index contributed by atoms with van der Waals surface area (Å²) in [6.45, 7) is 3.87. The normalized spacial score (nSPS) is 12.7. The van der Waals surface area contributed by atoms with Crippen LogP contribution in [0.25, 0.3) is 76.1 Å². The molecule has 0 aliphatic carbocycles. The van der Waals surface area contributed by atoms with E-state index in [4.69, 9.17) is 33.2 Å². The van der Waals surface area contributed by atoms with Gasteiger partial charge in [-0.1, -0.05) is 59.6 Å². The molecule has 0 amide bonds. The smallest absolute Gasteiger partial charge is 0.111 e. The molecule has 10 aromatic rings. The molecule has 0 radical (unpaired) electrons. The zero-order valence-corrected chi connectivity index (χ0v) is 34.0. The topological polar surface area (TPSA) is 109 Å². The average Bonchev–Trinajstić information content (AvgIpc) is 4.07. The van der Waals surface area contributed by atoms with Crippen LogP contribution in [0.2, 0.25) is 10.0 Å². The van der Waals surface area contributed by atoms with Gasteiger partial charge in [0.15, 0.2) is 0 Å². The van der Waals surface area contributed by atoms with E-state index in [-0.39, 0.29) is 0 Å². The van der Waals surface area contributed by atoms with Crippen molar-refractivity contribution >= 4 is 89.7 Å². The largest absolute Gasteiger partial charge is 0.294 e. The number of hydrogen-bond donors (Lipinski definition) is 0. The van der Waals surface area contributed by atoms with Crippen LogP contribution in [0.5, 0.6) is 0 Å². The molecule has 0 aliphatic heterocycles. The lowest BCUT2D eigenvalue weighted by Gasteiger charge is -2.19. The molecule has 8 nitrogen and oxygen atoms in total. The second-order valence-corrected chi connectivity index (χ2v) is 16.7. The van der Waals surface area contributed by atoms with Gasteiger partial charge in [-0.15, -0.1) is 22.7 Å². The highest BCUT2D eigenvalue weighted by atomic mass is 35.5. The Bertz CT molecular complexity index is 3110. The molecule has 278 valence electrons. The lowest BCUT2D eigenvalue weighted by atomic mass is 9.83. The summed E-state index contributed by atoms with van der Waals surface area (Å²) in [5.41, 5.74) is 9.83. The Hall–Kier alpha value is -6.40. The van der Waals surface area contributed by atoms with E-state index in [9.17, 15) is 10.5 Å². The van der Waals surface area contributed by atoms with Gasteiger partial charge in [0.25, 0.3) is 0 Å². The van der Waals surface area contributed by atoms with E-state index >= 15 is 0 Å². The highest BCUT2D eigenvalue weighted by Gasteiger charge is 2.28. The van der Waals surface area contributed by atoms with Crippen molar-refractivity contribution in [3.8, 4) is 44.4 Å². The molecule has 12 heteroatoms. The highest BCUT2D eigenvalue weighted by molar-refractivity contribution is 7.13. The number of benzene rings is 4. The van der Waals surface area contributed by atoms with Gasteiger partial charge >= 0.3 is 0 Å². The fraction of sp³-hybridized carbons (Fsp3) is 0.0870. The summed E-state index contributed by atoms with van der Waals surface area (Å²) < 4.78 is 4.07. The Labute approximate surface area is 350 Å². The van der Waals surface area contributed by atoms with Crippen molar-refractivity contribution in [2.24, 2.45) is 0 Å². The van der Waals surface area contributed by atoms with Gasteiger partial charge in [0.1, 0.15) is 22.7 Å². The third-order valence-electron chi connectivity index (χ3n) is 10.7. The fourth-order valence-electron chi connectivity index (χ4n) is 8.00. The van der Waals surface area contributed by atoms with Crippen molar-refractivity contribution in [1.82, 2.24) is 29.1 Å². The molecule has 4 aromatic carbocycles. The minimum Gasteiger partial charge on any atom is -0.294 e. The maximum absolute atomic E-state index is 10.6. The summed E-state index contributed by atoms with van der Waals surface area (Å²) in [7, 11) is 0. The van der Waals surface area contributed by atoms with E-state index in [0.717, 1.165) is 76.4 Å². The molecule has 0 fully saturated rings. The fourth-order valence-corrected chi connectivity index (χ4v) is 10.00. The lowest BCUT2D eigenvalue weighted by Crippen LogP contribution is -2.10. The molecule has 6 heterocycles. The molecule has 0 saturated heterocycles. The second-order valence-electron chi connectivity index (χ2n) is 14.0. The quantitative estimate of drug-likeness (QED) is 0.158. The van der Waals surface area contributed by atoms with Gasteiger partial charge in [-0.2, -0.15) is 10.5 Å². The van der Waals surface area contributed by atoms with Gasteiger partial charge in [0.2, 0.25) is 0 Å². The SMILES string of the molecule is Cc1nc2cnc3ccc(-c4cccs4)cc3c2n1-c1ccc(C(C#N)C(C#N)c2ccc(-n3c(C)nc4cnc5ccc(-c6cccs6)cc5c43)c(Cl)c2)cc1Cl. The first-order valence-electron chi connectivity index (χ1n) is 18.3. The molecule has 6 aromatic heterocycles. The van der Waals surface area contributed by atoms with E-state index in [1.807, 2.05) is 71.5 Å². The molecule has 0 saturated carbocycles. The summed E-state index contributed by atoms with van der Waals surface area (Å²) in [5.74, 6) is -0.178. The first-order chi connectivity index (χ1) is 28.3. The minimum absolute atomic E-state index is 0.427. The van der Waals surface area contributed by atoms with Gasteiger partial charge in [-0.25, -0.2) is 9.97 Å². The Balaban J connectivity index is 1.02. The van der Waals surface area contributed by atoms with Crippen LogP contribution in [0.3, 0.4) is 0 Å². The zero-order chi connectivity index (χ0) is 39.7. The molecule has 0 aliphatic rings. The van der Waals surface area contributed by atoms with Crippen molar-refractivity contribution in [3.63, 3.8) is 0 Å². The molecule has 0 N–H and O–H groups in total. The van der Waals surface area contributed by atoms with Crippen LogP contribution in [-0.4, -0.2) is 29.1 Å². The summed E-state index contributed by atoms with van der Waals surface area (Å²) in [4.78, 5) is 21.4. The monoisotopic (exact) mass is 826 g/mol. The number of pyridine rings is 2. The van der Waals surface area contributed by atoms with Crippen LogP contribution >= 0.6 is 45.9 Å². The van der Waals surface area contributed by atoms with Crippen LogP contribution < -0.4 is 0 Å². The second kappa shape index (κ2) is 14.2. The number of halogens is 2. The maximum Gasteiger partial charge on any atom is 0.111 e. The Kier molecular flexibility index (Phi) is 8.81. The molecule has 0 spiro atoms. The van der Waals surface area contributed by atoms with Crippen molar-refractivity contribution in [2.45, 2.75) is 25.7 Å². The number of rotatable bonds is 7. The maximum atomic E-state index is 10.6. The summed E-state index contributed by atoms with van der Waals surface area (Å²) in [6, 6.07) is 36.7. The number of aryl methyl sites for hydroxylation is 2. The third-order valence-corrected chi connectivity index (χ3v) is 13.1. The van der Waals surface area contributed by atoms with Gasteiger partial charge in [-0.3, -0.25) is 19.1 Å². The number of nitrogens with zero attached hydrogens (tertiary/aromatic N) is 8. The molecular weight excluding hydrogens is 800 g/mol. The minimum atomic E-state index is -0.834.